The topological polar surface area (TPSA) is 26.3 Å². The maximum atomic E-state index is 11.5. The number of ether oxygens (including phenoxy) is 1. The molecule has 0 radical (unpaired) electrons. The van der Waals surface area contributed by atoms with E-state index in [2.05, 4.69) is 31.2 Å². The van der Waals surface area contributed by atoms with E-state index in [9.17, 15) is 4.79 Å². The zero-order valence-corrected chi connectivity index (χ0v) is 19.4. The molecule has 0 saturated carbocycles. The number of hydrogen-bond donors (Lipinski definition) is 0. The van der Waals surface area contributed by atoms with Crippen molar-refractivity contribution in [1.29, 1.82) is 0 Å². The normalized spacial score (nSPS) is 12.3. The number of hydrogen-bond acceptors (Lipinski definition) is 2. The van der Waals surface area contributed by atoms with Crippen molar-refractivity contribution < 1.29 is 9.53 Å². The molecule has 0 aromatic carbocycles. The highest BCUT2D eigenvalue weighted by Crippen LogP contribution is 2.24. The molecule has 0 bridgehead atoms. The summed E-state index contributed by atoms with van der Waals surface area (Å²) in [5.74, 6) is -0.182. The molecule has 2 nitrogen and oxygen atoms in total. The Balaban J connectivity index is 3.33. The number of allylic oxidation sites excluding steroid dienone is 4. The Hall–Kier alpha value is 0.0369. The molecule has 0 aliphatic carbocycles. The molecule has 0 amide bonds. The lowest BCUT2D eigenvalue weighted by Crippen LogP contribution is -2.15. The molecule has 0 atom stereocenters. The zero-order chi connectivity index (χ0) is 19.5. The fourth-order valence-electron chi connectivity index (χ4n) is 2.43. The standard InChI is InChI=1S/C20H35Cl3O2Si/c1-2-3-4-5-6-7-8-9-10-11-12-13-14-15-16-17-20(24)25-18-19-26(21,22)23/h6-7,9-10H,2-5,8,11-19H2,1H3/b7-6-,10-9-. The maximum Gasteiger partial charge on any atom is 0.344 e. The molecule has 0 unspecified atom stereocenters. The summed E-state index contributed by atoms with van der Waals surface area (Å²) in [6.07, 6.45) is 22.4. The highest BCUT2D eigenvalue weighted by Gasteiger charge is 2.24. The lowest BCUT2D eigenvalue weighted by molar-refractivity contribution is -0.143. The van der Waals surface area contributed by atoms with E-state index >= 15 is 0 Å². The molecule has 0 aromatic heterocycles. The van der Waals surface area contributed by atoms with Gasteiger partial charge in [0.05, 0.1) is 6.61 Å². The average Bonchev–Trinajstić information content (AvgIpc) is 2.57. The van der Waals surface area contributed by atoms with Gasteiger partial charge in [-0.25, -0.2) is 0 Å². The predicted molar refractivity (Wildman–Crippen MR) is 118 cm³/mol. The summed E-state index contributed by atoms with van der Waals surface area (Å²) < 4.78 is 5.06. The zero-order valence-electron chi connectivity index (χ0n) is 16.2. The molecule has 0 spiro atoms. The number of carbonyl (C=O) groups is 1. The van der Waals surface area contributed by atoms with Crippen LogP contribution in [0.25, 0.3) is 0 Å². The Morgan fingerprint density at radius 3 is 2.04 bits per heavy atom. The van der Waals surface area contributed by atoms with Crippen LogP contribution in [0.4, 0.5) is 0 Å². The van der Waals surface area contributed by atoms with Gasteiger partial charge in [-0.2, -0.15) is 0 Å². The SMILES string of the molecule is CCCCC/C=C\C/C=C\CCCCCCCC(=O)OCC[Si](Cl)(Cl)Cl. The summed E-state index contributed by atoms with van der Waals surface area (Å²) in [7, 11) is 0. The molecular weight excluding hydrogens is 407 g/mol. The summed E-state index contributed by atoms with van der Waals surface area (Å²) in [5, 5.41) is 0. The Kier molecular flexibility index (Phi) is 18.4. The van der Waals surface area contributed by atoms with Crippen LogP contribution in [0.1, 0.15) is 84.0 Å². The van der Waals surface area contributed by atoms with Crippen molar-refractivity contribution in [2.24, 2.45) is 0 Å². The molecule has 0 aliphatic heterocycles. The predicted octanol–water partition coefficient (Wildman–Crippen LogP) is 8.00. The van der Waals surface area contributed by atoms with Gasteiger partial charge in [-0.05, 0) is 38.5 Å². The summed E-state index contributed by atoms with van der Waals surface area (Å²) in [4.78, 5) is 11.5. The van der Waals surface area contributed by atoms with Crippen molar-refractivity contribution in [3.05, 3.63) is 24.3 Å². The van der Waals surface area contributed by atoms with Crippen molar-refractivity contribution in [3.8, 4) is 0 Å². The van der Waals surface area contributed by atoms with Gasteiger partial charge in [-0.1, -0.05) is 63.3 Å². The van der Waals surface area contributed by atoms with Gasteiger partial charge in [0.2, 0.25) is 0 Å². The van der Waals surface area contributed by atoms with Gasteiger partial charge >= 0.3 is 12.0 Å². The first-order valence-electron chi connectivity index (χ1n) is 9.98. The van der Waals surface area contributed by atoms with Crippen molar-refractivity contribution in [2.45, 2.75) is 90.0 Å². The molecule has 0 fully saturated rings. The highest BCUT2D eigenvalue weighted by molar-refractivity contribution is 7.64. The molecule has 6 heteroatoms. The fraction of sp³-hybridized carbons (Fsp3) is 0.750. The van der Waals surface area contributed by atoms with Crippen molar-refractivity contribution in [2.75, 3.05) is 6.61 Å². The number of esters is 1. The quantitative estimate of drug-likeness (QED) is 0.0751. The Bertz CT molecular complexity index is 393. The van der Waals surface area contributed by atoms with Crippen molar-refractivity contribution >= 4 is 45.2 Å². The Labute approximate surface area is 175 Å². The van der Waals surface area contributed by atoms with Crippen molar-refractivity contribution in [3.63, 3.8) is 0 Å². The summed E-state index contributed by atoms with van der Waals surface area (Å²) in [6, 6.07) is -2.30. The minimum absolute atomic E-state index is 0.182. The van der Waals surface area contributed by atoms with Gasteiger partial charge in [-0.3, -0.25) is 4.79 Å². The first-order valence-corrected chi connectivity index (χ1v) is 15.2. The minimum Gasteiger partial charge on any atom is -0.466 e. The van der Waals surface area contributed by atoms with Gasteiger partial charge in [0.15, 0.2) is 0 Å². The van der Waals surface area contributed by atoms with E-state index in [-0.39, 0.29) is 12.6 Å². The second kappa shape index (κ2) is 18.4. The van der Waals surface area contributed by atoms with E-state index in [0.29, 0.717) is 12.5 Å². The Morgan fingerprint density at radius 2 is 1.42 bits per heavy atom. The molecule has 152 valence electrons. The molecule has 26 heavy (non-hydrogen) atoms. The second-order valence-corrected chi connectivity index (χ2v) is 15.8. The largest absolute Gasteiger partial charge is 0.466 e. The lowest BCUT2D eigenvalue weighted by atomic mass is 10.1. The van der Waals surface area contributed by atoms with E-state index in [4.69, 9.17) is 38.0 Å². The first-order chi connectivity index (χ1) is 12.5. The second-order valence-electron chi connectivity index (χ2n) is 6.57. The van der Waals surface area contributed by atoms with E-state index in [1.54, 1.807) is 0 Å². The van der Waals surface area contributed by atoms with Gasteiger partial charge in [0.25, 0.3) is 0 Å². The van der Waals surface area contributed by atoms with Crippen molar-refractivity contribution in [1.82, 2.24) is 0 Å². The molecule has 0 aromatic rings. The van der Waals surface area contributed by atoms with Gasteiger partial charge in [0, 0.05) is 12.5 Å². The number of carbonyl (C=O) groups excluding carboxylic acids is 1. The van der Waals surface area contributed by atoms with Gasteiger partial charge in [0.1, 0.15) is 0 Å². The number of rotatable bonds is 17. The van der Waals surface area contributed by atoms with Crippen LogP contribution in [-0.4, -0.2) is 18.6 Å². The van der Waals surface area contributed by atoms with Crippen LogP contribution in [0, 0.1) is 0 Å². The average molecular weight is 442 g/mol. The minimum atomic E-state index is -2.67. The van der Waals surface area contributed by atoms with Gasteiger partial charge < -0.3 is 4.74 Å². The summed E-state index contributed by atoms with van der Waals surface area (Å²) in [6.45, 7) is 2.46. The van der Waals surface area contributed by atoms with Crippen LogP contribution in [0.15, 0.2) is 24.3 Å². The Morgan fingerprint density at radius 1 is 0.846 bits per heavy atom. The van der Waals surface area contributed by atoms with E-state index < -0.39 is 6.00 Å². The van der Waals surface area contributed by atoms with Crippen LogP contribution >= 0.6 is 33.2 Å². The molecule has 0 N–H and O–H groups in total. The lowest BCUT2D eigenvalue weighted by Gasteiger charge is -2.08. The number of halogens is 3. The van der Waals surface area contributed by atoms with Crippen LogP contribution in [0.2, 0.25) is 6.04 Å². The summed E-state index contributed by atoms with van der Waals surface area (Å²) >= 11 is 17.2. The third-order valence-corrected chi connectivity index (χ3v) is 6.45. The molecule has 0 heterocycles. The fourth-order valence-corrected chi connectivity index (χ4v) is 3.46. The van der Waals surface area contributed by atoms with Crippen LogP contribution in [0.3, 0.4) is 0 Å². The highest BCUT2D eigenvalue weighted by atomic mass is 35.8. The summed E-state index contributed by atoms with van der Waals surface area (Å²) in [5.41, 5.74) is 0. The van der Waals surface area contributed by atoms with Crippen LogP contribution in [-0.2, 0) is 9.53 Å². The molecular formula is C20H35Cl3O2Si. The maximum absolute atomic E-state index is 11.5. The van der Waals surface area contributed by atoms with Gasteiger partial charge in [-0.15, -0.1) is 33.2 Å². The molecule has 0 aliphatic rings. The third-order valence-electron chi connectivity index (χ3n) is 3.98. The molecule has 0 saturated heterocycles. The monoisotopic (exact) mass is 440 g/mol. The number of unbranched alkanes of at least 4 members (excludes halogenated alkanes) is 8. The van der Waals surface area contributed by atoms with E-state index in [0.717, 1.165) is 25.7 Å². The first kappa shape index (κ1) is 26.0. The van der Waals surface area contributed by atoms with Crippen LogP contribution < -0.4 is 0 Å². The van der Waals surface area contributed by atoms with E-state index in [1.165, 1.54) is 44.9 Å². The third kappa shape index (κ3) is 22.1. The smallest absolute Gasteiger partial charge is 0.344 e. The van der Waals surface area contributed by atoms with E-state index in [1.807, 2.05) is 0 Å². The van der Waals surface area contributed by atoms with Crippen LogP contribution in [0.5, 0.6) is 0 Å². The molecule has 0 rings (SSSR count).